The molecule has 2 heterocycles. The van der Waals surface area contributed by atoms with E-state index in [4.69, 9.17) is 9.47 Å². The second-order valence-corrected chi connectivity index (χ2v) is 6.23. The van der Waals surface area contributed by atoms with Gasteiger partial charge in [0.05, 0.1) is 5.52 Å². The first-order valence-corrected chi connectivity index (χ1v) is 8.42. The SMILES string of the molecule is C[C@H]1NCCOc2cccc(c2)-c2n[nH]c3ccc(cc23)OC[C@@H]1F. The molecule has 0 saturated heterocycles. The van der Waals surface area contributed by atoms with Crippen LogP contribution in [0.4, 0.5) is 4.39 Å². The van der Waals surface area contributed by atoms with Gasteiger partial charge in [0.1, 0.15) is 36.6 Å². The molecule has 1 aliphatic heterocycles. The summed E-state index contributed by atoms with van der Waals surface area (Å²) in [5.41, 5.74) is 2.69. The lowest BCUT2D eigenvalue weighted by Gasteiger charge is -2.19. The Morgan fingerprint density at radius 2 is 2.00 bits per heavy atom. The van der Waals surface area contributed by atoms with Crippen molar-refractivity contribution in [2.24, 2.45) is 0 Å². The molecule has 2 aromatic carbocycles. The highest BCUT2D eigenvalue weighted by molar-refractivity contribution is 5.93. The van der Waals surface area contributed by atoms with Crippen LogP contribution in [0.15, 0.2) is 42.5 Å². The van der Waals surface area contributed by atoms with E-state index >= 15 is 0 Å². The molecule has 0 saturated carbocycles. The zero-order chi connectivity index (χ0) is 17.2. The van der Waals surface area contributed by atoms with E-state index < -0.39 is 6.17 Å². The Morgan fingerprint density at radius 3 is 2.92 bits per heavy atom. The van der Waals surface area contributed by atoms with Crippen molar-refractivity contribution in [2.75, 3.05) is 19.8 Å². The molecular formula is C19H20FN3O2. The minimum absolute atomic E-state index is 0.00146. The number of H-pyrrole nitrogens is 1. The molecule has 0 amide bonds. The van der Waals surface area contributed by atoms with Gasteiger partial charge in [-0.15, -0.1) is 0 Å². The monoisotopic (exact) mass is 341 g/mol. The molecule has 0 unspecified atom stereocenters. The van der Waals surface area contributed by atoms with Gasteiger partial charge in [-0.05, 0) is 37.3 Å². The van der Waals surface area contributed by atoms with E-state index in [9.17, 15) is 4.39 Å². The molecule has 25 heavy (non-hydrogen) atoms. The molecule has 4 rings (SSSR count). The summed E-state index contributed by atoms with van der Waals surface area (Å²) in [7, 11) is 0. The number of aromatic nitrogens is 2. The Kier molecular flexibility index (Phi) is 4.28. The molecule has 3 aromatic rings. The van der Waals surface area contributed by atoms with Crippen molar-refractivity contribution in [3.05, 3.63) is 42.5 Å². The number of rotatable bonds is 0. The first-order valence-electron chi connectivity index (χ1n) is 8.42. The summed E-state index contributed by atoms with van der Waals surface area (Å²) < 4.78 is 25.7. The van der Waals surface area contributed by atoms with Crippen molar-refractivity contribution in [3.8, 4) is 22.8 Å². The molecule has 0 radical (unpaired) electrons. The fourth-order valence-electron chi connectivity index (χ4n) is 2.94. The lowest BCUT2D eigenvalue weighted by atomic mass is 10.1. The second-order valence-electron chi connectivity index (χ2n) is 6.23. The minimum atomic E-state index is -1.11. The van der Waals surface area contributed by atoms with E-state index in [-0.39, 0.29) is 12.6 Å². The molecule has 6 heteroatoms. The molecule has 4 bridgehead atoms. The number of hydrogen-bond donors (Lipinski definition) is 2. The number of ether oxygens (including phenoxy) is 2. The normalized spacial score (nSPS) is 21.2. The molecule has 0 fully saturated rings. The first-order chi connectivity index (χ1) is 12.2. The third-order valence-corrected chi connectivity index (χ3v) is 4.43. The van der Waals surface area contributed by atoms with E-state index in [0.29, 0.717) is 18.9 Å². The van der Waals surface area contributed by atoms with Crippen molar-refractivity contribution < 1.29 is 13.9 Å². The van der Waals surface area contributed by atoms with Gasteiger partial charge < -0.3 is 14.8 Å². The lowest BCUT2D eigenvalue weighted by molar-refractivity contribution is 0.159. The highest BCUT2D eigenvalue weighted by atomic mass is 19.1. The van der Waals surface area contributed by atoms with E-state index in [2.05, 4.69) is 15.5 Å². The highest BCUT2D eigenvalue weighted by Gasteiger charge is 2.17. The van der Waals surface area contributed by atoms with Crippen LogP contribution in [-0.2, 0) is 0 Å². The minimum Gasteiger partial charge on any atom is -0.492 e. The number of fused-ring (bicyclic) bond motifs is 4. The van der Waals surface area contributed by atoms with Gasteiger partial charge >= 0.3 is 0 Å². The molecule has 2 atom stereocenters. The molecule has 1 aromatic heterocycles. The number of nitrogens with zero attached hydrogens (tertiary/aromatic N) is 1. The quantitative estimate of drug-likeness (QED) is 0.659. The average molecular weight is 341 g/mol. The molecule has 0 aliphatic carbocycles. The maximum Gasteiger partial charge on any atom is 0.149 e. The summed E-state index contributed by atoms with van der Waals surface area (Å²) in [6.07, 6.45) is -1.11. The molecule has 5 nitrogen and oxygen atoms in total. The molecule has 130 valence electrons. The fourth-order valence-corrected chi connectivity index (χ4v) is 2.94. The van der Waals surface area contributed by atoms with Crippen LogP contribution in [0.3, 0.4) is 0 Å². The summed E-state index contributed by atoms with van der Waals surface area (Å²) in [5.74, 6) is 1.40. The van der Waals surface area contributed by atoms with Crippen molar-refractivity contribution in [1.29, 1.82) is 0 Å². The Hall–Kier alpha value is -2.60. The zero-order valence-electron chi connectivity index (χ0n) is 14.0. The van der Waals surface area contributed by atoms with E-state index in [1.807, 2.05) is 49.4 Å². The summed E-state index contributed by atoms with van der Waals surface area (Å²) in [5, 5.41) is 11.5. The second kappa shape index (κ2) is 6.72. The number of alkyl halides is 1. The largest absolute Gasteiger partial charge is 0.492 e. The zero-order valence-corrected chi connectivity index (χ0v) is 14.0. The van der Waals surface area contributed by atoms with Gasteiger partial charge in [0.2, 0.25) is 0 Å². The lowest BCUT2D eigenvalue weighted by Crippen LogP contribution is -2.40. The van der Waals surface area contributed by atoms with Crippen LogP contribution in [0.1, 0.15) is 6.92 Å². The Morgan fingerprint density at radius 1 is 1.12 bits per heavy atom. The summed E-state index contributed by atoms with van der Waals surface area (Å²) in [6.45, 7) is 2.84. The Bertz CT molecular complexity index is 880. The first kappa shape index (κ1) is 15.9. The van der Waals surface area contributed by atoms with Gasteiger partial charge in [0, 0.05) is 23.5 Å². The number of benzene rings is 2. The number of hydrogen-bond acceptors (Lipinski definition) is 4. The Labute approximate surface area is 145 Å². The van der Waals surface area contributed by atoms with Gasteiger partial charge in [0.25, 0.3) is 0 Å². The number of halogens is 1. The average Bonchev–Trinajstić information content (AvgIpc) is 3.06. The maximum atomic E-state index is 14.3. The van der Waals surface area contributed by atoms with E-state index in [1.54, 1.807) is 0 Å². The van der Waals surface area contributed by atoms with Gasteiger partial charge in [-0.25, -0.2) is 4.39 Å². The van der Waals surface area contributed by atoms with E-state index in [1.165, 1.54) is 0 Å². The summed E-state index contributed by atoms with van der Waals surface area (Å²) >= 11 is 0. The van der Waals surface area contributed by atoms with Gasteiger partial charge in [0.15, 0.2) is 0 Å². The molecule has 2 N–H and O–H groups in total. The van der Waals surface area contributed by atoms with Crippen LogP contribution < -0.4 is 14.8 Å². The van der Waals surface area contributed by atoms with Gasteiger partial charge in [-0.3, -0.25) is 5.10 Å². The van der Waals surface area contributed by atoms with Gasteiger partial charge in [-0.2, -0.15) is 5.10 Å². The van der Waals surface area contributed by atoms with Gasteiger partial charge in [-0.1, -0.05) is 12.1 Å². The standard InChI is InChI=1S/C19H20FN3O2/c1-12-17(20)11-25-15-5-6-18-16(10-15)19(23-22-18)13-3-2-4-14(9-13)24-8-7-21-12/h2-6,9-10,12,17,21H,7-8,11H2,1H3,(H,22,23)/t12-,17+/m1/s1. The van der Waals surface area contributed by atoms with Crippen LogP contribution in [0.25, 0.3) is 22.2 Å². The highest BCUT2D eigenvalue weighted by Crippen LogP contribution is 2.31. The molecular weight excluding hydrogens is 321 g/mol. The summed E-state index contributed by atoms with van der Waals surface area (Å²) in [4.78, 5) is 0. The van der Waals surface area contributed by atoms with Crippen LogP contribution in [-0.4, -0.2) is 42.2 Å². The molecule has 0 spiro atoms. The Balaban J connectivity index is 1.76. The number of aromatic amines is 1. The smallest absolute Gasteiger partial charge is 0.149 e. The topological polar surface area (TPSA) is 59.2 Å². The summed E-state index contributed by atoms with van der Waals surface area (Å²) in [6, 6.07) is 13.1. The van der Waals surface area contributed by atoms with Crippen LogP contribution >= 0.6 is 0 Å². The third-order valence-electron chi connectivity index (χ3n) is 4.43. The third kappa shape index (κ3) is 3.30. The van der Waals surface area contributed by atoms with Crippen molar-refractivity contribution >= 4 is 10.9 Å². The van der Waals surface area contributed by atoms with Crippen LogP contribution in [0.5, 0.6) is 11.5 Å². The number of nitrogens with one attached hydrogen (secondary N) is 2. The van der Waals surface area contributed by atoms with Crippen LogP contribution in [0.2, 0.25) is 0 Å². The maximum absolute atomic E-state index is 14.3. The van der Waals surface area contributed by atoms with Crippen molar-refractivity contribution in [1.82, 2.24) is 15.5 Å². The van der Waals surface area contributed by atoms with Crippen LogP contribution in [0, 0.1) is 0 Å². The fraction of sp³-hybridized carbons (Fsp3) is 0.316. The molecule has 1 aliphatic rings. The van der Waals surface area contributed by atoms with Crippen molar-refractivity contribution in [3.63, 3.8) is 0 Å². The predicted octanol–water partition coefficient (Wildman–Crippen LogP) is 3.32. The van der Waals surface area contributed by atoms with Crippen molar-refractivity contribution in [2.45, 2.75) is 19.1 Å². The van der Waals surface area contributed by atoms with E-state index in [0.717, 1.165) is 27.9 Å². The predicted molar refractivity (Wildman–Crippen MR) is 94.9 cm³/mol.